The maximum atomic E-state index is 9.90. The van der Waals surface area contributed by atoms with Crippen molar-refractivity contribution in [2.24, 2.45) is 5.92 Å². The summed E-state index contributed by atoms with van der Waals surface area (Å²) in [6, 6.07) is 2.35. The average molecular weight is 254 g/mol. The van der Waals surface area contributed by atoms with Crippen LogP contribution in [0, 0.1) is 5.92 Å². The minimum absolute atomic E-state index is 0.0566. The molecule has 104 valence electrons. The molecule has 0 saturated heterocycles. The fourth-order valence-corrected chi connectivity index (χ4v) is 2.13. The Kier molecular flexibility index (Phi) is 5.82. The second-order valence-corrected chi connectivity index (χ2v) is 5.26. The Bertz CT molecular complexity index is 345. The average Bonchev–Trinajstić information content (AvgIpc) is 2.78. The van der Waals surface area contributed by atoms with Gasteiger partial charge >= 0.3 is 0 Å². The van der Waals surface area contributed by atoms with E-state index in [0.717, 1.165) is 18.5 Å². The molecule has 0 radical (unpaired) electrons. The van der Waals surface area contributed by atoms with Gasteiger partial charge in [0, 0.05) is 12.6 Å². The Labute approximate surface area is 110 Å². The first-order valence-electron chi connectivity index (χ1n) is 6.89. The summed E-state index contributed by atoms with van der Waals surface area (Å²) >= 11 is 0. The van der Waals surface area contributed by atoms with Crippen LogP contribution in [0.15, 0.2) is 12.3 Å². The molecule has 1 rings (SSSR count). The molecule has 1 aromatic heterocycles. The van der Waals surface area contributed by atoms with Crippen LogP contribution in [0.4, 0.5) is 0 Å². The molecule has 0 amide bonds. The lowest BCUT2D eigenvalue weighted by atomic mass is 9.99. The Hall–Kier alpha value is -0.870. The smallest absolute Gasteiger partial charge is 0.0857 e. The summed E-state index contributed by atoms with van der Waals surface area (Å²) in [5, 5.41) is 24.2. The highest BCUT2D eigenvalue weighted by molar-refractivity contribution is 5.02. The molecule has 0 bridgehead atoms. The number of hydrogen-bond acceptors (Lipinski definition) is 3. The van der Waals surface area contributed by atoms with Gasteiger partial charge in [-0.15, -0.1) is 0 Å². The molecule has 0 aromatic carbocycles. The Morgan fingerprint density at radius 1 is 1.22 bits per heavy atom. The summed E-state index contributed by atoms with van der Waals surface area (Å²) in [7, 11) is 0. The zero-order valence-corrected chi connectivity index (χ0v) is 11.9. The van der Waals surface area contributed by atoms with Crippen molar-refractivity contribution in [1.29, 1.82) is 0 Å². The monoisotopic (exact) mass is 254 g/mol. The van der Waals surface area contributed by atoms with Gasteiger partial charge in [-0.25, -0.2) is 0 Å². The molecule has 18 heavy (non-hydrogen) atoms. The van der Waals surface area contributed by atoms with Gasteiger partial charge in [-0.05, 0) is 24.8 Å². The number of rotatable bonds is 7. The molecule has 2 unspecified atom stereocenters. The number of nitrogens with zero attached hydrogens (tertiary/aromatic N) is 2. The quantitative estimate of drug-likeness (QED) is 0.784. The number of aliphatic hydroxyl groups is 2. The second-order valence-electron chi connectivity index (χ2n) is 5.26. The van der Waals surface area contributed by atoms with Crippen molar-refractivity contribution in [2.45, 2.75) is 65.2 Å². The molecule has 0 aliphatic rings. The van der Waals surface area contributed by atoms with Gasteiger partial charge in [0.05, 0.1) is 23.9 Å². The summed E-state index contributed by atoms with van der Waals surface area (Å²) < 4.78 is 1.96. The van der Waals surface area contributed by atoms with Crippen molar-refractivity contribution >= 4 is 0 Å². The van der Waals surface area contributed by atoms with Gasteiger partial charge in [0.2, 0.25) is 0 Å². The summed E-state index contributed by atoms with van der Waals surface area (Å²) in [6.45, 7) is 8.09. The van der Waals surface area contributed by atoms with E-state index >= 15 is 0 Å². The van der Waals surface area contributed by atoms with E-state index in [4.69, 9.17) is 0 Å². The summed E-state index contributed by atoms with van der Waals surface area (Å²) in [5.74, 6) is 0.0566. The minimum Gasteiger partial charge on any atom is -0.390 e. The van der Waals surface area contributed by atoms with Gasteiger partial charge in [0.25, 0.3) is 0 Å². The normalized spacial score (nSPS) is 15.3. The second kappa shape index (κ2) is 6.90. The topological polar surface area (TPSA) is 58.3 Å². The van der Waals surface area contributed by atoms with Crippen LogP contribution in [0.5, 0.6) is 0 Å². The van der Waals surface area contributed by atoms with Gasteiger partial charge in [-0.3, -0.25) is 4.68 Å². The molecule has 0 aliphatic heterocycles. The molecule has 0 aliphatic carbocycles. The minimum atomic E-state index is -0.741. The third kappa shape index (κ3) is 3.82. The standard InChI is InChI=1S/C14H26N2O2/c1-5-12(6-2)16-8-7-11(15-16)9-13(17)14(18)10(3)4/h7-8,10,12-14,17-18H,5-6,9H2,1-4H3. The summed E-state index contributed by atoms with van der Waals surface area (Å²) in [4.78, 5) is 0. The van der Waals surface area contributed by atoms with Crippen LogP contribution in [0.25, 0.3) is 0 Å². The zero-order chi connectivity index (χ0) is 13.7. The SMILES string of the molecule is CCC(CC)n1ccc(CC(O)C(O)C(C)C)n1. The van der Waals surface area contributed by atoms with Gasteiger partial charge in [0.1, 0.15) is 0 Å². The van der Waals surface area contributed by atoms with Crippen LogP contribution in [0.2, 0.25) is 0 Å². The first kappa shape index (κ1) is 15.2. The predicted molar refractivity (Wildman–Crippen MR) is 72.4 cm³/mol. The zero-order valence-electron chi connectivity index (χ0n) is 11.9. The Morgan fingerprint density at radius 2 is 1.83 bits per heavy atom. The molecular formula is C14H26N2O2. The van der Waals surface area contributed by atoms with Crippen LogP contribution >= 0.6 is 0 Å². The van der Waals surface area contributed by atoms with Crippen LogP contribution in [-0.4, -0.2) is 32.2 Å². The fraction of sp³-hybridized carbons (Fsp3) is 0.786. The van der Waals surface area contributed by atoms with E-state index in [-0.39, 0.29) is 5.92 Å². The van der Waals surface area contributed by atoms with Crippen LogP contribution in [-0.2, 0) is 6.42 Å². The predicted octanol–water partition coefficient (Wildman–Crippen LogP) is 2.16. The number of hydrogen-bond donors (Lipinski definition) is 2. The van der Waals surface area contributed by atoms with Gasteiger partial charge in [-0.1, -0.05) is 27.7 Å². The van der Waals surface area contributed by atoms with E-state index < -0.39 is 12.2 Å². The molecule has 1 heterocycles. The summed E-state index contributed by atoms with van der Waals surface area (Å²) in [6.07, 6.45) is 3.04. The highest BCUT2D eigenvalue weighted by Crippen LogP contribution is 2.16. The molecule has 0 saturated carbocycles. The third-order valence-corrected chi connectivity index (χ3v) is 3.48. The number of aromatic nitrogens is 2. The Morgan fingerprint density at radius 3 is 2.33 bits per heavy atom. The highest BCUT2D eigenvalue weighted by Gasteiger charge is 2.21. The first-order chi connectivity index (χ1) is 8.49. The van der Waals surface area contributed by atoms with E-state index in [1.807, 2.05) is 30.8 Å². The van der Waals surface area contributed by atoms with Gasteiger partial charge in [0.15, 0.2) is 0 Å². The van der Waals surface area contributed by atoms with E-state index in [1.165, 1.54) is 0 Å². The van der Waals surface area contributed by atoms with Gasteiger partial charge in [-0.2, -0.15) is 5.10 Å². The molecule has 4 heteroatoms. The lowest BCUT2D eigenvalue weighted by molar-refractivity contribution is -0.00786. The molecule has 0 fully saturated rings. The lowest BCUT2D eigenvalue weighted by Gasteiger charge is -2.20. The molecule has 4 nitrogen and oxygen atoms in total. The van der Waals surface area contributed by atoms with Crippen LogP contribution in [0.3, 0.4) is 0 Å². The van der Waals surface area contributed by atoms with E-state index in [0.29, 0.717) is 12.5 Å². The highest BCUT2D eigenvalue weighted by atomic mass is 16.3. The van der Waals surface area contributed by atoms with Crippen LogP contribution in [0.1, 0.15) is 52.3 Å². The largest absolute Gasteiger partial charge is 0.390 e. The first-order valence-corrected chi connectivity index (χ1v) is 6.89. The molecule has 0 spiro atoms. The molecule has 2 N–H and O–H groups in total. The van der Waals surface area contributed by atoms with Crippen LogP contribution < -0.4 is 0 Å². The third-order valence-electron chi connectivity index (χ3n) is 3.48. The number of aliphatic hydroxyl groups excluding tert-OH is 2. The Balaban J connectivity index is 2.64. The summed E-state index contributed by atoms with van der Waals surface area (Å²) in [5.41, 5.74) is 0.842. The van der Waals surface area contributed by atoms with E-state index in [9.17, 15) is 10.2 Å². The van der Waals surface area contributed by atoms with Crippen molar-refractivity contribution < 1.29 is 10.2 Å². The van der Waals surface area contributed by atoms with Crippen molar-refractivity contribution in [3.05, 3.63) is 18.0 Å². The van der Waals surface area contributed by atoms with Crippen molar-refractivity contribution in [3.63, 3.8) is 0 Å². The van der Waals surface area contributed by atoms with Crippen molar-refractivity contribution in [2.75, 3.05) is 0 Å². The maximum Gasteiger partial charge on any atom is 0.0857 e. The lowest BCUT2D eigenvalue weighted by Crippen LogP contribution is -2.32. The fourth-order valence-electron chi connectivity index (χ4n) is 2.13. The molecule has 2 atom stereocenters. The maximum absolute atomic E-state index is 9.90. The van der Waals surface area contributed by atoms with E-state index in [2.05, 4.69) is 18.9 Å². The van der Waals surface area contributed by atoms with E-state index in [1.54, 1.807) is 0 Å². The van der Waals surface area contributed by atoms with Crippen molar-refractivity contribution in [1.82, 2.24) is 9.78 Å². The molecule has 1 aromatic rings. The van der Waals surface area contributed by atoms with Gasteiger partial charge < -0.3 is 10.2 Å². The van der Waals surface area contributed by atoms with Crippen molar-refractivity contribution in [3.8, 4) is 0 Å². The molecular weight excluding hydrogens is 228 g/mol.